The van der Waals surface area contributed by atoms with E-state index in [0.29, 0.717) is 0 Å². The Morgan fingerprint density at radius 1 is 1.47 bits per heavy atom. The summed E-state index contributed by atoms with van der Waals surface area (Å²) in [4.78, 5) is 12.3. The van der Waals surface area contributed by atoms with Crippen molar-refractivity contribution in [1.29, 1.82) is 0 Å². The first-order valence-electron chi connectivity index (χ1n) is 6.71. The number of carbonyl (C=O) groups is 1. The van der Waals surface area contributed by atoms with Crippen molar-refractivity contribution in [2.24, 2.45) is 5.41 Å². The molecule has 1 aliphatic rings. The summed E-state index contributed by atoms with van der Waals surface area (Å²) >= 11 is 0. The Kier molecular flexibility index (Phi) is 3.90. The number of rotatable bonds is 2. The first-order chi connectivity index (χ1) is 8.92. The number of para-hydroxylation sites is 1. The second kappa shape index (κ2) is 5.29. The standard InChI is InChI=1S/C15H21FN2O/c1-10-6-4-7-11(16)12(10)18-14(19)13-15(2,3)8-5-9-17-13/h4,6-7,13,17H,5,8-9H2,1-3H3,(H,18,19). The lowest BCUT2D eigenvalue weighted by molar-refractivity contribution is -0.121. The van der Waals surface area contributed by atoms with E-state index < -0.39 is 0 Å². The highest BCUT2D eigenvalue weighted by atomic mass is 19.1. The summed E-state index contributed by atoms with van der Waals surface area (Å²) in [5.74, 6) is -0.542. The van der Waals surface area contributed by atoms with Gasteiger partial charge in [-0.1, -0.05) is 26.0 Å². The molecule has 104 valence electrons. The van der Waals surface area contributed by atoms with Gasteiger partial charge in [0.2, 0.25) is 5.91 Å². The Labute approximate surface area is 113 Å². The minimum Gasteiger partial charge on any atom is -0.322 e. The fraction of sp³-hybridized carbons (Fsp3) is 0.533. The third kappa shape index (κ3) is 2.95. The van der Waals surface area contributed by atoms with Crippen molar-refractivity contribution in [2.45, 2.75) is 39.7 Å². The van der Waals surface area contributed by atoms with E-state index in [1.165, 1.54) is 6.07 Å². The van der Waals surface area contributed by atoms with E-state index in [4.69, 9.17) is 0 Å². The second-order valence-corrected chi connectivity index (χ2v) is 5.90. The van der Waals surface area contributed by atoms with E-state index >= 15 is 0 Å². The van der Waals surface area contributed by atoms with E-state index in [0.717, 1.165) is 24.9 Å². The molecule has 0 aliphatic carbocycles. The topological polar surface area (TPSA) is 41.1 Å². The van der Waals surface area contributed by atoms with Gasteiger partial charge in [-0.25, -0.2) is 4.39 Å². The molecule has 0 spiro atoms. The van der Waals surface area contributed by atoms with E-state index in [9.17, 15) is 9.18 Å². The van der Waals surface area contributed by atoms with Crippen molar-refractivity contribution in [2.75, 3.05) is 11.9 Å². The third-order valence-corrected chi connectivity index (χ3v) is 3.86. The van der Waals surface area contributed by atoms with Crippen LogP contribution in [0.4, 0.5) is 10.1 Å². The lowest BCUT2D eigenvalue weighted by Gasteiger charge is -2.38. The van der Waals surface area contributed by atoms with Gasteiger partial charge in [0.05, 0.1) is 11.7 Å². The summed E-state index contributed by atoms with van der Waals surface area (Å²) in [7, 11) is 0. The molecule has 2 N–H and O–H groups in total. The van der Waals surface area contributed by atoms with Crippen LogP contribution in [0.15, 0.2) is 18.2 Å². The smallest absolute Gasteiger partial charge is 0.242 e. The maximum absolute atomic E-state index is 13.7. The predicted molar refractivity (Wildman–Crippen MR) is 74.6 cm³/mol. The number of anilines is 1. The molecule has 4 heteroatoms. The maximum atomic E-state index is 13.7. The minimum atomic E-state index is -0.387. The van der Waals surface area contributed by atoms with Gasteiger partial charge >= 0.3 is 0 Å². The van der Waals surface area contributed by atoms with Crippen LogP contribution >= 0.6 is 0 Å². The van der Waals surface area contributed by atoms with Gasteiger partial charge < -0.3 is 10.6 Å². The number of hydrogen-bond acceptors (Lipinski definition) is 2. The Morgan fingerprint density at radius 2 is 2.21 bits per heavy atom. The molecule has 2 rings (SSSR count). The molecule has 0 saturated carbocycles. The van der Waals surface area contributed by atoms with Crippen molar-refractivity contribution >= 4 is 11.6 Å². The van der Waals surface area contributed by atoms with Crippen molar-refractivity contribution in [3.63, 3.8) is 0 Å². The van der Waals surface area contributed by atoms with E-state index in [-0.39, 0.29) is 28.9 Å². The van der Waals surface area contributed by atoms with Gasteiger partial charge in [-0.3, -0.25) is 4.79 Å². The average molecular weight is 264 g/mol. The highest BCUT2D eigenvalue weighted by molar-refractivity contribution is 5.96. The molecule has 1 aromatic carbocycles. The van der Waals surface area contributed by atoms with Crippen LogP contribution in [-0.2, 0) is 4.79 Å². The molecule has 1 saturated heterocycles. The summed E-state index contributed by atoms with van der Waals surface area (Å²) in [6.45, 7) is 6.76. The van der Waals surface area contributed by atoms with Crippen LogP contribution < -0.4 is 10.6 Å². The molecule has 1 aliphatic heterocycles. The number of carbonyl (C=O) groups excluding carboxylic acids is 1. The zero-order valence-corrected chi connectivity index (χ0v) is 11.7. The van der Waals surface area contributed by atoms with Gasteiger partial charge in [0.25, 0.3) is 0 Å². The molecular formula is C15H21FN2O. The van der Waals surface area contributed by atoms with Crippen LogP contribution in [0.5, 0.6) is 0 Å². The minimum absolute atomic E-state index is 0.110. The molecule has 19 heavy (non-hydrogen) atoms. The van der Waals surface area contributed by atoms with E-state index in [2.05, 4.69) is 24.5 Å². The maximum Gasteiger partial charge on any atom is 0.242 e. The van der Waals surface area contributed by atoms with Gasteiger partial charge in [-0.05, 0) is 43.4 Å². The van der Waals surface area contributed by atoms with Crippen LogP contribution in [0.2, 0.25) is 0 Å². The van der Waals surface area contributed by atoms with Crippen LogP contribution in [0.1, 0.15) is 32.3 Å². The van der Waals surface area contributed by atoms with Gasteiger partial charge in [-0.2, -0.15) is 0 Å². The zero-order valence-electron chi connectivity index (χ0n) is 11.7. The lowest BCUT2D eigenvalue weighted by atomic mass is 9.77. The largest absolute Gasteiger partial charge is 0.322 e. The summed E-state index contributed by atoms with van der Waals surface area (Å²) in [6.07, 6.45) is 2.06. The number of piperidine rings is 1. The van der Waals surface area contributed by atoms with Gasteiger partial charge in [0.15, 0.2) is 0 Å². The molecule has 1 unspecified atom stereocenters. The number of amides is 1. The first-order valence-corrected chi connectivity index (χ1v) is 6.71. The van der Waals surface area contributed by atoms with Crippen LogP contribution in [-0.4, -0.2) is 18.5 Å². The summed E-state index contributed by atoms with van der Waals surface area (Å²) < 4.78 is 13.7. The van der Waals surface area contributed by atoms with E-state index in [1.54, 1.807) is 19.1 Å². The second-order valence-electron chi connectivity index (χ2n) is 5.90. The number of hydrogen-bond donors (Lipinski definition) is 2. The van der Waals surface area contributed by atoms with Gasteiger partial charge in [-0.15, -0.1) is 0 Å². The van der Waals surface area contributed by atoms with E-state index in [1.807, 2.05) is 0 Å². The van der Waals surface area contributed by atoms with Gasteiger partial charge in [0, 0.05) is 0 Å². The number of aryl methyl sites for hydroxylation is 1. The molecule has 1 aromatic rings. The zero-order chi connectivity index (χ0) is 14.0. The van der Waals surface area contributed by atoms with Crippen molar-refractivity contribution in [3.05, 3.63) is 29.6 Å². The summed E-state index contributed by atoms with van der Waals surface area (Å²) in [5, 5.41) is 5.96. The number of benzene rings is 1. The summed E-state index contributed by atoms with van der Waals surface area (Å²) in [5.41, 5.74) is 0.916. The molecular weight excluding hydrogens is 243 g/mol. The van der Waals surface area contributed by atoms with Crippen LogP contribution in [0.25, 0.3) is 0 Å². The normalized spacial score (nSPS) is 22.0. The Morgan fingerprint density at radius 3 is 2.84 bits per heavy atom. The summed E-state index contributed by atoms with van der Waals surface area (Å²) in [6, 6.07) is 4.52. The predicted octanol–water partition coefficient (Wildman–Crippen LogP) is 2.85. The Hall–Kier alpha value is -1.42. The van der Waals surface area contributed by atoms with Crippen molar-refractivity contribution in [3.8, 4) is 0 Å². The quantitative estimate of drug-likeness (QED) is 0.862. The number of nitrogens with one attached hydrogen (secondary N) is 2. The van der Waals surface area contributed by atoms with Crippen LogP contribution in [0, 0.1) is 18.2 Å². The molecule has 0 bridgehead atoms. The number of halogens is 1. The van der Waals surface area contributed by atoms with Gasteiger partial charge in [0.1, 0.15) is 5.82 Å². The Bertz CT molecular complexity index is 465. The first kappa shape index (κ1) is 14.0. The molecule has 1 fully saturated rings. The highest BCUT2D eigenvalue weighted by Crippen LogP contribution is 2.31. The Balaban J connectivity index is 2.17. The SMILES string of the molecule is Cc1cccc(F)c1NC(=O)C1NCCCC1(C)C. The van der Waals surface area contributed by atoms with Crippen LogP contribution in [0.3, 0.4) is 0 Å². The van der Waals surface area contributed by atoms with Crippen molar-refractivity contribution in [1.82, 2.24) is 5.32 Å². The average Bonchev–Trinajstić information content (AvgIpc) is 2.33. The molecule has 1 heterocycles. The molecule has 0 radical (unpaired) electrons. The molecule has 1 amide bonds. The third-order valence-electron chi connectivity index (χ3n) is 3.86. The lowest BCUT2D eigenvalue weighted by Crippen LogP contribution is -2.53. The molecule has 3 nitrogen and oxygen atoms in total. The molecule has 1 atom stereocenters. The monoisotopic (exact) mass is 264 g/mol. The fourth-order valence-corrected chi connectivity index (χ4v) is 2.64. The highest BCUT2D eigenvalue weighted by Gasteiger charge is 2.37. The molecule has 0 aromatic heterocycles. The fourth-order valence-electron chi connectivity index (χ4n) is 2.64. The van der Waals surface area contributed by atoms with Crippen molar-refractivity contribution < 1.29 is 9.18 Å².